The fourth-order valence-corrected chi connectivity index (χ4v) is 2.73. The molecule has 1 aliphatic rings. The van der Waals surface area contributed by atoms with Crippen molar-refractivity contribution in [3.8, 4) is 5.88 Å². The van der Waals surface area contributed by atoms with E-state index in [9.17, 15) is 10.2 Å². The second kappa shape index (κ2) is 6.90. The van der Waals surface area contributed by atoms with E-state index in [1.54, 1.807) is 15.8 Å². The molecule has 10 heteroatoms. The van der Waals surface area contributed by atoms with Gasteiger partial charge in [-0.05, 0) is 6.42 Å². The van der Waals surface area contributed by atoms with Crippen LogP contribution in [0.3, 0.4) is 0 Å². The average molecular weight is 350 g/mol. The van der Waals surface area contributed by atoms with Gasteiger partial charge in [0.2, 0.25) is 5.88 Å². The molecule has 136 valence electrons. The van der Waals surface area contributed by atoms with Crippen molar-refractivity contribution in [1.82, 2.24) is 24.4 Å². The van der Waals surface area contributed by atoms with Gasteiger partial charge in [-0.1, -0.05) is 6.92 Å². The number of imidazole rings is 1. The van der Waals surface area contributed by atoms with E-state index >= 15 is 0 Å². The molecule has 3 heterocycles. The summed E-state index contributed by atoms with van der Waals surface area (Å²) in [5.41, 5.74) is 0.835. The zero-order chi connectivity index (χ0) is 18.1. The van der Waals surface area contributed by atoms with Crippen LogP contribution in [0.4, 0.5) is 5.95 Å². The molecule has 2 N–H and O–H groups in total. The normalized spacial score (nSPS) is 26.6. The molecule has 1 saturated heterocycles. The van der Waals surface area contributed by atoms with Gasteiger partial charge in [0.15, 0.2) is 17.4 Å². The number of fused-ring (bicyclic) bond motifs is 1. The highest BCUT2D eigenvalue weighted by Gasteiger charge is 2.43. The zero-order valence-corrected chi connectivity index (χ0v) is 14.6. The Kier molecular flexibility index (Phi) is 4.84. The van der Waals surface area contributed by atoms with Gasteiger partial charge < -0.3 is 24.6 Å². The number of aliphatic hydroxyl groups excluding tert-OH is 2. The van der Waals surface area contributed by atoms with E-state index in [0.29, 0.717) is 17.6 Å². The van der Waals surface area contributed by atoms with Gasteiger partial charge in [0, 0.05) is 14.1 Å². The maximum atomic E-state index is 10.3. The van der Waals surface area contributed by atoms with E-state index in [2.05, 4.69) is 19.9 Å². The van der Waals surface area contributed by atoms with Crippen LogP contribution in [0, 0.1) is 0 Å². The van der Waals surface area contributed by atoms with Crippen LogP contribution in [-0.2, 0) is 4.74 Å². The minimum atomic E-state index is -1.09. The summed E-state index contributed by atoms with van der Waals surface area (Å²) < 4.78 is 12.6. The molecule has 3 rings (SSSR count). The van der Waals surface area contributed by atoms with Crippen molar-refractivity contribution in [2.24, 2.45) is 4.99 Å². The number of aromatic nitrogens is 4. The van der Waals surface area contributed by atoms with Crippen LogP contribution in [-0.4, -0.2) is 80.5 Å². The Hall–Kier alpha value is -2.30. The van der Waals surface area contributed by atoms with E-state index in [1.165, 1.54) is 13.4 Å². The summed E-state index contributed by atoms with van der Waals surface area (Å²) in [5, 5.41) is 20.4. The first-order valence-corrected chi connectivity index (χ1v) is 7.97. The summed E-state index contributed by atoms with van der Waals surface area (Å²) in [6, 6.07) is 0. The van der Waals surface area contributed by atoms with Crippen LogP contribution in [0.25, 0.3) is 11.2 Å². The van der Waals surface area contributed by atoms with Gasteiger partial charge in [0.05, 0.1) is 25.9 Å². The third kappa shape index (κ3) is 3.15. The van der Waals surface area contributed by atoms with Crippen LogP contribution in [0.15, 0.2) is 11.3 Å². The molecule has 0 aliphatic carbocycles. The van der Waals surface area contributed by atoms with Gasteiger partial charge in [-0.25, -0.2) is 9.98 Å². The molecule has 25 heavy (non-hydrogen) atoms. The number of rotatable bonds is 5. The summed E-state index contributed by atoms with van der Waals surface area (Å²) >= 11 is 0. The molecular formula is C15H22N6O4. The van der Waals surface area contributed by atoms with Crippen molar-refractivity contribution in [3.63, 3.8) is 0 Å². The lowest BCUT2D eigenvalue weighted by Crippen LogP contribution is -2.31. The van der Waals surface area contributed by atoms with Crippen molar-refractivity contribution in [2.45, 2.75) is 37.9 Å². The summed E-state index contributed by atoms with van der Waals surface area (Å²) in [7, 11) is 5.15. The molecule has 1 fully saturated rings. The maximum Gasteiger partial charge on any atom is 0.256 e. The third-order valence-electron chi connectivity index (χ3n) is 3.99. The first-order valence-electron chi connectivity index (χ1n) is 7.97. The van der Waals surface area contributed by atoms with Crippen molar-refractivity contribution >= 4 is 23.5 Å². The number of hydrogen-bond donors (Lipinski definition) is 2. The summed E-state index contributed by atoms with van der Waals surface area (Å²) in [4.78, 5) is 18.8. The number of nitrogens with zero attached hydrogens (tertiary/aromatic N) is 6. The van der Waals surface area contributed by atoms with Gasteiger partial charge in [0.1, 0.15) is 12.2 Å². The lowest BCUT2D eigenvalue weighted by Gasteiger charge is -2.16. The van der Waals surface area contributed by atoms with Crippen molar-refractivity contribution < 1.29 is 19.7 Å². The zero-order valence-electron chi connectivity index (χ0n) is 14.6. The molecule has 4 atom stereocenters. The van der Waals surface area contributed by atoms with Crippen molar-refractivity contribution in [1.29, 1.82) is 0 Å². The van der Waals surface area contributed by atoms with Crippen LogP contribution >= 0.6 is 0 Å². The highest BCUT2D eigenvalue weighted by atomic mass is 16.6. The Labute approximate surface area is 144 Å². The van der Waals surface area contributed by atoms with E-state index in [0.717, 1.165) is 0 Å². The van der Waals surface area contributed by atoms with Gasteiger partial charge in [-0.15, -0.1) is 0 Å². The minimum absolute atomic E-state index is 0.194. The highest BCUT2D eigenvalue weighted by Crippen LogP contribution is 2.34. The monoisotopic (exact) mass is 350 g/mol. The fourth-order valence-electron chi connectivity index (χ4n) is 2.73. The first kappa shape index (κ1) is 17.5. The highest BCUT2D eigenvalue weighted by molar-refractivity contribution is 5.78. The molecule has 2 aromatic heterocycles. The summed E-state index contributed by atoms with van der Waals surface area (Å²) in [5.74, 6) is 0.467. The maximum absolute atomic E-state index is 10.3. The largest absolute Gasteiger partial charge is 0.479 e. The topological polar surface area (TPSA) is 118 Å². The number of aliphatic hydroxyl groups is 2. The lowest BCUT2D eigenvalue weighted by molar-refractivity contribution is -0.0355. The van der Waals surface area contributed by atoms with Crippen LogP contribution in [0.1, 0.15) is 19.6 Å². The van der Waals surface area contributed by atoms with E-state index in [4.69, 9.17) is 9.47 Å². The second-order valence-electron chi connectivity index (χ2n) is 6.02. The fraction of sp³-hybridized carbons (Fsp3) is 0.600. The standard InChI is InChI=1S/C15H22N6O4/c1-5-8-10(22)11(23)14(25-8)21-7-16-9-12(21)18-15(17-6-20(2)3)19-13(9)24-4/h6-8,10-11,14,22-23H,5H2,1-4H3/t8-,10+,11?,14-/m1/s1. The van der Waals surface area contributed by atoms with Crippen LogP contribution in [0.5, 0.6) is 5.88 Å². The summed E-state index contributed by atoms with van der Waals surface area (Å²) in [6.07, 6.45) is 0.332. The van der Waals surface area contributed by atoms with Crippen molar-refractivity contribution in [3.05, 3.63) is 6.33 Å². The Bertz CT molecular complexity index is 777. The van der Waals surface area contributed by atoms with Gasteiger partial charge in [-0.2, -0.15) is 9.97 Å². The second-order valence-corrected chi connectivity index (χ2v) is 6.02. The molecule has 10 nitrogen and oxygen atoms in total. The van der Waals surface area contributed by atoms with E-state index in [1.807, 2.05) is 21.0 Å². The number of methoxy groups -OCH3 is 1. The SMILES string of the molecule is CC[C@H]1O[C@@H](n2cnc3c(OC)nc(N=CN(C)C)nc32)C(O)[C@H]1O. The lowest BCUT2D eigenvalue weighted by atomic mass is 10.1. The third-order valence-corrected chi connectivity index (χ3v) is 3.99. The van der Waals surface area contributed by atoms with Gasteiger partial charge in [0.25, 0.3) is 5.95 Å². The van der Waals surface area contributed by atoms with Crippen molar-refractivity contribution in [2.75, 3.05) is 21.2 Å². The molecule has 0 bridgehead atoms. The minimum Gasteiger partial charge on any atom is -0.479 e. The predicted octanol–water partition coefficient (Wildman–Crippen LogP) is 0.0855. The Balaban J connectivity index is 2.06. The van der Waals surface area contributed by atoms with Crippen LogP contribution < -0.4 is 4.74 Å². The Morgan fingerprint density at radius 1 is 1.36 bits per heavy atom. The molecule has 0 saturated carbocycles. The van der Waals surface area contributed by atoms with E-state index in [-0.39, 0.29) is 11.8 Å². The quantitative estimate of drug-likeness (QED) is 0.575. The first-order chi connectivity index (χ1) is 12.0. The molecule has 1 unspecified atom stereocenters. The average Bonchev–Trinajstić information content (AvgIpc) is 3.14. The Morgan fingerprint density at radius 3 is 2.72 bits per heavy atom. The Morgan fingerprint density at radius 2 is 2.12 bits per heavy atom. The summed E-state index contributed by atoms with van der Waals surface area (Å²) in [6.45, 7) is 1.88. The van der Waals surface area contributed by atoms with E-state index < -0.39 is 24.5 Å². The van der Waals surface area contributed by atoms with Gasteiger partial charge >= 0.3 is 0 Å². The number of ether oxygens (including phenoxy) is 2. The molecule has 0 radical (unpaired) electrons. The molecule has 1 aliphatic heterocycles. The number of aliphatic imine (C=N–C) groups is 1. The van der Waals surface area contributed by atoms with Gasteiger partial charge in [-0.3, -0.25) is 4.57 Å². The smallest absolute Gasteiger partial charge is 0.256 e. The molecular weight excluding hydrogens is 328 g/mol. The van der Waals surface area contributed by atoms with Crippen LogP contribution in [0.2, 0.25) is 0 Å². The molecule has 2 aromatic rings. The molecule has 0 aromatic carbocycles. The predicted molar refractivity (Wildman–Crippen MR) is 89.9 cm³/mol. The molecule has 0 amide bonds. The molecule has 0 spiro atoms. The number of hydrogen-bond acceptors (Lipinski definition) is 8.